The van der Waals surface area contributed by atoms with E-state index in [-0.39, 0.29) is 17.6 Å². The highest BCUT2D eigenvalue weighted by atomic mass is 19.1. The summed E-state index contributed by atoms with van der Waals surface area (Å²) in [5, 5.41) is 3.19. The third-order valence-corrected chi connectivity index (χ3v) is 3.85. The van der Waals surface area contributed by atoms with Crippen LogP contribution in [0.25, 0.3) is 0 Å². The highest BCUT2D eigenvalue weighted by molar-refractivity contribution is 6.18. The molecule has 4 rings (SSSR count). The van der Waals surface area contributed by atoms with E-state index in [1.54, 1.807) is 18.2 Å². The van der Waals surface area contributed by atoms with Crippen LogP contribution in [0.2, 0.25) is 0 Å². The van der Waals surface area contributed by atoms with Crippen molar-refractivity contribution < 1.29 is 9.13 Å². The zero-order valence-corrected chi connectivity index (χ0v) is 13.3. The van der Waals surface area contributed by atoms with E-state index >= 15 is 0 Å². The summed E-state index contributed by atoms with van der Waals surface area (Å²) in [6, 6.07) is 13.9. The number of methoxy groups -OCH3 is 1. The van der Waals surface area contributed by atoms with Crippen LogP contribution in [0.1, 0.15) is 11.1 Å². The zero-order valence-electron chi connectivity index (χ0n) is 13.3. The van der Waals surface area contributed by atoms with Gasteiger partial charge in [-0.1, -0.05) is 30.3 Å². The van der Waals surface area contributed by atoms with E-state index in [1.165, 1.54) is 13.2 Å². The number of nitrogens with two attached hydrogens (primary N) is 1. The molecule has 124 valence electrons. The van der Waals surface area contributed by atoms with Crippen molar-refractivity contribution in [1.82, 2.24) is 9.97 Å². The molecule has 2 aromatic carbocycles. The Hall–Kier alpha value is -3.48. The largest absolute Gasteiger partial charge is 0.479 e. The van der Waals surface area contributed by atoms with Gasteiger partial charge in [-0.15, -0.1) is 0 Å². The van der Waals surface area contributed by atoms with Crippen molar-refractivity contribution in [3.05, 3.63) is 65.5 Å². The van der Waals surface area contributed by atoms with Gasteiger partial charge in [-0.2, -0.15) is 9.97 Å². The summed E-state index contributed by atoms with van der Waals surface area (Å²) >= 11 is 0. The molecular weight excluding hydrogens is 321 g/mol. The van der Waals surface area contributed by atoms with Gasteiger partial charge in [0.2, 0.25) is 11.8 Å². The molecular formula is C18H14FN5O. The van der Waals surface area contributed by atoms with Gasteiger partial charge in [0.25, 0.3) is 0 Å². The fourth-order valence-corrected chi connectivity index (χ4v) is 2.74. The molecule has 1 aliphatic rings. The van der Waals surface area contributed by atoms with Crippen molar-refractivity contribution in [2.45, 2.75) is 0 Å². The topological polar surface area (TPSA) is 85.4 Å². The summed E-state index contributed by atoms with van der Waals surface area (Å²) in [6.07, 6.45) is 0. The van der Waals surface area contributed by atoms with Crippen molar-refractivity contribution in [2.24, 2.45) is 4.99 Å². The first-order valence-corrected chi connectivity index (χ1v) is 7.59. The minimum Gasteiger partial charge on any atom is -0.479 e. The average Bonchev–Trinajstić information content (AvgIpc) is 2.78. The lowest BCUT2D eigenvalue weighted by molar-refractivity contribution is 0.399. The number of hydrogen-bond acceptors (Lipinski definition) is 6. The van der Waals surface area contributed by atoms with Gasteiger partial charge < -0.3 is 15.8 Å². The number of rotatable bonds is 2. The summed E-state index contributed by atoms with van der Waals surface area (Å²) in [6.45, 7) is 0. The second-order valence-electron chi connectivity index (χ2n) is 5.40. The molecule has 25 heavy (non-hydrogen) atoms. The number of ether oxygens (including phenoxy) is 1. The molecule has 6 nitrogen and oxygen atoms in total. The van der Waals surface area contributed by atoms with Crippen LogP contribution in [0.5, 0.6) is 5.88 Å². The van der Waals surface area contributed by atoms with Crippen molar-refractivity contribution in [3.8, 4) is 5.88 Å². The highest BCUT2D eigenvalue weighted by Crippen LogP contribution is 2.39. The molecule has 0 amide bonds. The monoisotopic (exact) mass is 335 g/mol. The Morgan fingerprint density at radius 1 is 1.00 bits per heavy atom. The Kier molecular flexibility index (Phi) is 3.53. The number of anilines is 3. The molecule has 0 fully saturated rings. The summed E-state index contributed by atoms with van der Waals surface area (Å²) < 4.78 is 19.7. The van der Waals surface area contributed by atoms with Gasteiger partial charge in [0.05, 0.1) is 12.8 Å². The minimum absolute atomic E-state index is 0.0603. The Morgan fingerprint density at radius 2 is 1.72 bits per heavy atom. The van der Waals surface area contributed by atoms with E-state index in [9.17, 15) is 4.39 Å². The van der Waals surface area contributed by atoms with E-state index in [0.717, 1.165) is 11.3 Å². The number of nitrogens with one attached hydrogen (secondary N) is 1. The van der Waals surface area contributed by atoms with Gasteiger partial charge >= 0.3 is 0 Å². The predicted octanol–water partition coefficient (Wildman–Crippen LogP) is 3.43. The number of para-hydroxylation sites is 1. The molecule has 2 heterocycles. The van der Waals surface area contributed by atoms with Crippen LogP contribution in [0.4, 0.5) is 27.5 Å². The average molecular weight is 335 g/mol. The molecule has 0 aliphatic carbocycles. The summed E-state index contributed by atoms with van der Waals surface area (Å²) in [5.74, 6) is 0.319. The third kappa shape index (κ3) is 2.55. The first-order chi connectivity index (χ1) is 12.2. The SMILES string of the molecule is COc1nc(N)nc2c1N=C(c1ccccc1F)c1ccccc1N2. The molecule has 0 spiro atoms. The second kappa shape index (κ2) is 5.86. The van der Waals surface area contributed by atoms with Gasteiger partial charge in [0.1, 0.15) is 5.82 Å². The highest BCUT2D eigenvalue weighted by Gasteiger charge is 2.23. The maximum Gasteiger partial charge on any atom is 0.246 e. The number of benzene rings is 2. The quantitative estimate of drug-likeness (QED) is 0.586. The van der Waals surface area contributed by atoms with Crippen LogP contribution < -0.4 is 15.8 Å². The number of aliphatic imine (C=N–C) groups is 1. The Labute approximate surface area is 143 Å². The molecule has 3 aromatic rings. The Bertz CT molecular complexity index is 1000. The van der Waals surface area contributed by atoms with Crippen LogP contribution >= 0.6 is 0 Å². The Morgan fingerprint density at radius 3 is 2.48 bits per heavy atom. The first kappa shape index (κ1) is 15.1. The number of aromatic nitrogens is 2. The molecule has 0 atom stereocenters. The number of fused-ring (bicyclic) bond motifs is 2. The number of nitrogen functional groups attached to an aromatic ring is 1. The molecule has 0 radical (unpaired) electrons. The van der Waals surface area contributed by atoms with Gasteiger partial charge in [-0.05, 0) is 18.2 Å². The first-order valence-electron chi connectivity index (χ1n) is 7.59. The smallest absolute Gasteiger partial charge is 0.246 e. The standard InChI is InChI=1S/C18H14FN5O/c1-25-17-15-16(23-18(20)24-17)21-13-9-5-3-7-11(13)14(22-15)10-6-2-4-8-12(10)19/h2-9H,1H3,(H3,20,21,23,24). The van der Waals surface area contributed by atoms with Gasteiger partial charge in [-0.3, -0.25) is 0 Å². The summed E-state index contributed by atoms with van der Waals surface area (Å²) in [5.41, 5.74) is 8.44. The normalized spacial score (nSPS) is 12.3. The van der Waals surface area contributed by atoms with Gasteiger partial charge in [-0.25, -0.2) is 9.38 Å². The zero-order chi connectivity index (χ0) is 17.4. The molecule has 3 N–H and O–H groups in total. The van der Waals surface area contributed by atoms with E-state index in [2.05, 4.69) is 20.3 Å². The minimum atomic E-state index is -0.366. The van der Waals surface area contributed by atoms with E-state index in [4.69, 9.17) is 10.5 Å². The van der Waals surface area contributed by atoms with Crippen LogP contribution in [-0.4, -0.2) is 22.8 Å². The van der Waals surface area contributed by atoms with Crippen LogP contribution in [0, 0.1) is 5.82 Å². The van der Waals surface area contributed by atoms with Crippen molar-refractivity contribution in [2.75, 3.05) is 18.2 Å². The van der Waals surface area contributed by atoms with Crippen LogP contribution in [-0.2, 0) is 0 Å². The molecule has 1 aromatic heterocycles. The number of nitrogens with zero attached hydrogens (tertiary/aromatic N) is 3. The molecule has 0 bridgehead atoms. The maximum atomic E-state index is 14.4. The molecule has 0 saturated carbocycles. The number of halogens is 1. The van der Waals surface area contributed by atoms with E-state index in [1.807, 2.05) is 24.3 Å². The summed E-state index contributed by atoms with van der Waals surface area (Å²) in [4.78, 5) is 12.9. The molecule has 0 unspecified atom stereocenters. The van der Waals surface area contributed by atoms with E-state index < -0.39 is 0 Å². The van der Waals surface area contributed by atoms with Crippen LogP contribution in [0.3, 0.4) is 0 Å². The lowest BCUT2D eigenvalue weighted by atomic mass is 10.00. The van der Waals surface area contributed by atoms with Gasteiger partial charge in [0.15, 0.2) is 11.5 Å². The fraction of sp³-hybridized carbons (Fsp3) is 0.0556. The fourth-order valence-electron chi connectivity index (χ4n) is 2.74. The second-order valence-corrected chi connectivity index (χ2v) is 5.40. The lowest BCUT2D eigenvalue weighted by Crippen LogP contribution is -2.07. The number of hydrogen-bond donors (Lipinski definition) is 2. The van der Waals surface area contributed by atoms with E-state index in [0.29, 0.717) is 22.8 Å². The summed E-state index contributed by atoms with van der Waals surface area (Å²) in [7, 11) is 1.47. The van der Waals surface area contributed by atoms with Crippen molar-refractivity contribution in [1.29, 1.82) is 0 Å². The molecule has 7 heteroatoms. The lowest BCUT2D eigenvalue weighted by Gasteiger charge is -2.10. The predicted molar refractivity (Wildman–Crippen MR) is 94.4 cm³/mol. The maximum absolute atomic E-state index is 14.4. The third-order valence-electron chi connectivity index (χ3n) is 3.85. The Balaban J connectivity index is 2.05. The van der Waals surface area contributed by atoms with Crippen LogP contribution in [0.15, 0.2) is 53.5 Å². The van der Waals surface area contributed by atoms with Crippen molar-refractivity contribution >= 4 is 28.9 Å². The molecule has 0 saturated heterocycles. The van der Waals surface area contributed by atoms with Gasteiger partial charge in [0, 0.05) is 16.8 Å². The van der Waals surface area contributed by atoms with Crippen molar-refractivity contribution in [3.63, 3.8) is 0 Å². The molecule has 1 aliphatic heterocycles.